The van der Waals surface area contributed by atoms with Crippen molar-refractivity contribution < 1.29 is 28.4 Å². The molecule has 3 aromatic rings. The van der Waals surface area contributed by atoms with Crippen LogP contribution in [0.4, 0.5) is 5.82 Å². The van der Waals surface area contributed by atoms with Crippen molar-refractivity contribution in [2.24, 2.45) is 0 Å². The third-order valence-corrected chi connectivity index (χ3v) is 4.73. The van der Waals surface area contributed by atoms with E-state index < -0.39 is 23.5 Å². The van der Waals surface area contributed by atoms with Gasteiger partial charge in [0.05, 0.1) is 24.5 Å². The number of carbonyl (C=O) groups excluding carboxylic acids is 2. The Kier molecular flexibility index (Phi) is 5.14. The normalized spacial score (nSPS) is 16.4. The summed E-state index contributed by atoms with van der Waals surface area (Å²) >= 11 is 0. The van der Waals surface area contributed by atoms with E-state index in [0.717, 1.165) is 6.42 Å². The Labute approximate surface area is 172 Å². The van der Waals surface area contributed by atoms with Crippen LogP contribution in [0.1, 0.15) is 41.3 Å². The number of Topliss-reactive ketones (excluding diaryl/α,β-unsaturated/α-hetero) is 1. The summed E-state index contributed by atoms with van der Waals surface area (Å²) in [5, 5.41) is 14.5. The molecule has 0 bridgehead atoms. The number of aliphatic hydroxyl groups excluding tert-OH is 1. The van der Waals surface area contributed by atoms with Crippen LogP contribution in [0.3, 0.4) is 0 Å². The van der Waals surface area contributed by atoms with Crippen LogP contribution in [-0.2, 0) is 4.79 Å². The average molecular weight is 408 g/mol. The maximum absolute atomic E-state index is 13.1. The molecule has 4 rings (SSSR count). The number of ketones is 1. The van der Waals surface area contributed by atoms with Gasteiger partial charge in [-0.3, -0.25) is 14.5 Å². The topological polar surface area (TPSA) is 106 Å². The van der Waals surface area contributed by atoms with Crippen molar-refractivity contribution in [3.63, 3.8) is 0 Å². The van der Waals surface area contributed by atoms with Gasteiger partial charge in [-0.2, -0.15) is 0 Å². The van der Waals surface area contributed by atoms with Crippen molar-refractivity contribution in [3.8, 4) is 5.75 Å². The van der Waals surface area contributed by atoms with Crippen LogP contribution >= 0.6 is 0 Å². The summed E-state index contributed by atoms with van der Waals surface area (Å²) in [6.45, 7) is 4.28. The van der Waals surface area contributed by atoms with Gasteiger partial charge in [0.1, 0.15) is 11.5 Å². The Hall–Kier alpha value is -3.81. The SMILES string of the molecule is CCCOc1ccc(C2C(C(=O)c3ccco3)=C(O)C(=O)N2c2cc(C)on2)cc1. The number of carbonyl (C=O) groups is 2. The van der Waals surface area contributed by atoms with Gasteiger partial charge < -0.3 is 18.8 Å². The van der Waals surface area contributed by atoms with Crippen molar-refractivity contribution in [1.29, 1.82) is 0 Å². The molecule has 0 radical (unpaired) electrons. The van der Waals surface area contributed by atoms with Crippen molar-refractivity contribution in [3.05, 3.63) is 77.1 Å². The maximum atomic E-state index is 13.1. The molecule has 0 aliphatic carbocycles. The highest BCUT2D eigenvalue weighted by Crippen LogP contribution is 2.42. The fourth-order valence-corrected chi connectivity index (χ4v) is 3.36. The summed E-state index contributed by atoms with van der Waals surface area (Å²) in [5.41, 5.74) is 0.518. The predicted molar refractivity (Wildman–Crippen MR) is 106 cm³/mol. The zero-order chi connectivity index (χ0) is 21.3. The molecule has 1 amide bonds. The van der Waals surface area contributed by atoms with E-state index in [1.807, 2.05) is 6.92 Å². The first-order valence-electron chi connectivity index (χ1n) is 9.52. The first kappa shape index (κ1) is 19.5. The highest BCUT2D eigenvalue weighted by atomic mass is 16.5. The molecule has 1 unspecified atom stereocenters. The molecule has 154 valence electrons. The zero-order valence-corrected chi connectivity index (χ0v) is 16.5. The van der Waals surface area contributed by atoms with Crippen LogP contribution in [0.5, 0.6) is 5.75 Å². The Morgan fingerprint density at radius 3 is 2.63 bits per heavy atom. The van der Waals surface area contributed by atoms with Crippen LogP contribution in [-0.4, -0.2) is 28.6 Å². The number of rotatable bonds is 7. The second kappa shape index (κ2) is 7.90. The van der Waals surface area contributed by atoms with E-state index in [0.29, 0.717) is 23.7 Å². The van der Waals surface area contributed by atoms with Gasteiger partial charge in [0.25, 0.3) is 5.91 Å². The first-order valence-corrected chi connectivity index (χ1v) is 9.52. The van der Waals surface area contributed by atoms with Crippen molar-refractivity contribution in [2.45, 2.75) is 26.3 Å². The van der Waals surface area contributed by atoms with Gasteiger partial charge >= 0.3 is 0 Å². The lowest BCUT2D eigenvalue weighted by atomic mass is 9.95. The van der Waals surface area contributed by atoms with Crippen LogP contribution in [0.25, 0.3) is 0 Å². The molecule has 8 nitrogen and oxygen atoms in total. The van der Waals surface area contributed by atoms with Crippen LogP contribution in [0, 0.1) is 6.92 Å². The van der Waals surface area contributed by atoms with Gasteiger partial charge in [-0.1, -0.05) is 24.2 Å². The van der Waals surface area contributed by atoms with Gasteiger partial charge in [-0.15, -0.1) is 0 Å². The van der Waals surface area contributed by atoms with Gasteiger partial charge in [0, 0.05) is 6.07 Å². The van der Waals surface area contributed by atoms with Gasteiger partial charge in [0.2, 0.25) is 5.78 Å². The number of nitrogens with zero attached hydrogens (tertiary/aromatic N) is 2. The summed E-state index contributed by atoms with van der Waals surface area (Å²) in [6, 6.07) is 10.7. The van der Waals surface area contributed by atoms with E-state index in [1.54, 1.807) is 43.3 Å². The Morgan fingerprint density at radius 1 is 1.27 bits per heavy atom. The number of furan rings is 1. The lowest BCUT2D eigenvalue weighted by molar-refractivity contribution is -0.117. The van der Waals surface area contributed by atoms with Gasteiger partial charge in [0.15, 0.2) is 17.3 Å². The van der Waals surface area contributed by atoms with E-state index in [2.05, 4.69) is 5.16 Å². The largest absolute Gasteiger partial charge is 0.503 e. The average Bonchev–Trinajstić information content (AvgIpc) is 3.48. The summed E-state index contributed by atoms with van der Waals surface area (Å²) < 4.78 is 15.9. The van der Waals surface area contributed by atoms with E-state index in [4.69, 9.17) is 13.7 Å². The number of aromatic nitrogens is 1. The van der Waals surface area contributed by atoms with E-state index in [9.17, 15) is 14.7 Å². The number of benzene rings is 1. The lowest BCUT2D eigenvalue weighted by Crippen LogP contribution is -2.31. The Balaban J connectivity index is 1.79. The van der Waals surface area contributed by atoms with Gasteiger partial charge in [-0.25, -0.2) is 0 Å². The highest BCUT2D eigenvalue weighted by molar-refractivity contribution is 6.19. The molecule has 0 fully saturated rings. The van der Waals surface area contributed by atoms with Gasteiger partial charge in [-0.05, 0) is 43.2 Å². The second-order valence-corrected chi connectivity index (χ2v) is 6.86. The Morgan fingerprint density at radius 2 is 2.03 bits per heavy atom. The molecule has 0 saturated heterocycles. The molecular weight excluding hydrogens is 388 g/mol. The third kappa shape index (κ3) is 3.36. The van der Waals surface area contributed by atoms with Crippen LogP contribution in [0.2, 0.25) is 0 Å². The lowest BCUT2D eigenvalue weighted by Gasteiger charge is -2.24. The molecule has 1 aliphatic rings. The molecule has 1 aliphatic heterocycles. The number of aliphatic hydroxyl groups is 1. The summed E-state index contributed by atoms with van der Waals surface area (Å²) in [6.07, 6.45) is 2.23. The highest BCUT2D eigenvalue weighted by Gasteiger charge is 2.46. The smallest absolute Gasteiger partial charge is 0.295 e. The molecule has 0 spiro atoms. The molecule has 1 aromatic carbocycles. The van der Waals surface area contributed by atoms with E-state index in [-0.39, 0.29) is 17.2 Å². The molecular formula is C22H20N2O6. The third-order valence-electron chi connectivity index (χ3n) is 4.73. The van der Waals surface area contributed by atoms with Crippen molar-refractivity contribution in [2.75, 3.05) is 11.5 Å². The molecule has 8 heteroatoms. The zero-order valence-electron chi connectivity index (χ0n) is 16.5. The number of ether oxygens (including phenoxy) is 1. The molecule has 1 N–H and O–H groups in total. The number of anilines is 1. The monoisotopic (exact) mass is 408 g/mol. The fourth-order valence-electron chi connectivity index (χ4n) is 3.36. The number of hydrogen-bond acceptors (Lipinski definition) is 7. The Bertz CT molecular complexity index is 1100. The molecule has 1 atom stereocenters. The van der Waals surface area contributed by atoms with Crippen LogP contribution < -0.4 is 9.64 Å². The maximum Gasteiger partial charge on any atom is 0.295 e. The molecule has 30 heavy (non-hydrogen) atoms. The fraction of sp³-hybridized carbons (Fsp3) is 0.227. The summed E-state index contributed by atoms with van der Waals surface area (Å²) in [5.74, 6) is -0.586. The first-order chi connectivity index (χ1) is 14.5. The van der Waals surface area contributed by atoms with E-state index in [1.165, 1.54) is 17.2 Å². The van der Waals surface area contributed by atoms with Crippen molar-refractivity contribution in [1.82, 2.24) is 5.16 Å². The minimum Gasteiger partial charge on any atom is -0.503 e. The standard InChI is InChI=1S/C22H20N2O6/c1-3-10-28-15-8-6-14(7-9-15)19-18(20(25)16-5-4-11-29-16)21(26)22(27)24(19)17-12-13(2)30-23-17/h4-9,11-12,19,26H,3,10H2,1-2H3. The quantitative estimate of drug-likeness (QED) is 0.585. The minimum absolute atomic E-state index is 0.0235. The number of hydrogen-bond donors (Lipinski definition) is 1. The van der Waals surface area contributed by atoms with Crippen LogP contribution in [0.15, 0.2) is 69.0 Å². The molecule has 2 aromatic heterocycles. The predicted octanol–water partition coefficient (Wildman–Crippen LogP) is 4.15. The number of aryl methyl sites for hydroxylation is 1. The summed E-state index contributed by atoms with van der Waals surface area (Å²) in [4.78, 5) is 27.2. The summed E-state index contributed by atoms with van der Waals surface area (Å²) in [7, 11) is 0. The molecule has 0 saturated carbocycles. The molecule has 3 heterocycles. The second-order valence-electron chi connectivity index (χ2n) is 6.86. The van der Waals surface area contributed by atoms with E-state index >= 15 is 0 Å². The number of amides is 1. The van der Waals surface area contributed by atoms with Crippen molar-refractivity contribution >= 4 is 17.5 Å². The minimum atomic E-state index is -0.903.